The lowest BCUT2D eigenvalue weighted by atomic mass is 10.0. The molecule has 74 valence electrons. The molecule has 1 heterocycles. The highest BCUT2D eigenvalue weighted by atomic mass is 16.3. The predicted octanol–water partition coefficient (Wildman–Crippen LogP) is -0.302. The Morgan fingerprint density at radius 1 is 1.54 bits per heavy atom. The van der Waals surface area contributed by atoms with Gasteiger partial charge in [0.25, 0.3) is 5.91 Å². The Labute approximate surface area is 76.7 Å². The summed E-state index contributed by atoms with van der Waals surface area (Å²) >= 11 is 0. The van der Waals surface area contributed by atoms with Crippen LogP contribution in [0.5, 0.6) is 0 Å². The van der Waals surface area contributed by atoms with E-state index in [2.05, 4.69) is 5.32 Å². The monoisotopic (exact) mass is 186 g/mol. The van der Waals surface area contributed by atoms with Crippen molar-refractivity contribution in [3.8, 4) is 0 Å². The SMILES string of the molecule is CC(O)CN1C(=O)NC(=O)C1(C)C. The minimum Gasteiger partial charge on any atom is -0.392 e. The molecule has 2 N–H and O–H groups in total. The lowest BCUT2D eigenvalue weighted by Gasteiger charge is -2.28. The van der Waals surface area contributed by atoms with Crippen LogP contribution in [0.15, 0.2) is 0 Å². The molecule has 0 aromatic carbocycles. The fourth-order valence-corrected chi connectivity index (χ4v) is 1.27. The molecule has 1 aliphatic rings. The molecule has 1 fully saturated rings. The molecule has 5 heteroatoms. The zero-order valence-electron chi connectivity index (χ0n) is 8.00. The molecule has 1 saturated heterocycles. The van der Waals surface area contributed by atoms with E-state index in [1.807, 2.05) is 0 Å². The molecular formula is C8H14N2O3. The van der Waals surface area contributed by atoms with Crippen molar-refractivity contribution in [2.24, 2.45) is 0 Å². The van der Waals surface area contributed by atoms with Gasteiger partial charge in [-0.2, -0.15) is 0 Å². The number of urea groups is 1. The summed E-state index contributed by atoms with van der Waals surface area (Å²) in [6, 6.07) is -0.434. The Morgan fingerprint density at radius 3 is 2.38 bits per heavy atom. The summed E-state index contributed by atoms with van der Waals surface area (Å²) in [6.45, 7) is 5.04. The largest absolute Gasteiger partial charge is 0.392 e. The fourth-order valence-electron chi connectivity index (χ4n) is 1.27. The smallest absolute Gasteiger partial charge is 0.325 e. The first kappa shape index (κ1) is 9.98. The predicted molar refractivity (Wildman–Crippen MR) is 46.0 cm³/mol. The van der Waals surface area contributed by atoms with Crippen molar-refractivity contribution in [3.63, 3.8) is 0 Å². The molecule has 1 unspecified atom stereocenters. The maximum atomic E-state index is 11.2. The summed E-state index contributed by atoms with van der Waals surface area (Å²) in [5, 5.41) is 11.3. The number of imide groups is 1. The number of hydrogen-bond donors (Lipinski definition) is 2. The zero-order chi connectivity index (χ0) is 10.2. The molecule has 13 heavy (non-hydrogen) atoms. The van der Waals surface area contributed by atoms with Crippen LogP contribution in [0.4, 0.5) is 4.79 Å². The highest BCUT2D eigenvalue weighted by Gasteiger charge is 2.45. The second kappa shape index (κ2) is 2.99. The summed E-state index contributed by atoms with van der Waals surface area (Å²) in [5.41, 5.74) is -0.853. The molecule has 0 aromatic rings. The number of aliphatic hydroxyl groups excluding tert-OH is 1. The average Bonchev–Trinajstić information content (AvgIpc) is 2.13. The van der Waals surface area contributed by atoms with Gasteiger partial charge in [0.1, 0.15) is 5.54 Å². The van der Waals surface area contributed by atoms with Gasteiger partial charge in [-0.05, 0) is 20.8 Å². The summed E-state index contributed by atoms with van der Waals surface area (Å²) in [6.07, 6.45) is -0.629. The van der Waals surface area contributed by atoms with Crippen molar-refractivity contribution in [2.75, 3.05) is 6.54 Å². The van der Waals surface area contributed by atoms with Gasteiger partial charge >= 0.3 is 6.03 Å². The number of aliphatic hydroxyl groups is 1. The first-order valence-corrected chi connectivity index (χ1v) is 4.17. The summed E-state index contributed by atoms with van der Waals surface area (Å²) in [7, 11) is 0. The minimum absolute atomic E-state index is 0.171. The molecule has 0 aromatic heterocycles. The fraction of sp³-hybridized carbons (Fsp3) is 0.750. The van der Waals surface area contributed by atoms with E-state index in [-0.39, 0.29) is 12.5 Å². The minimum atomic E-state index is -0.853. The number of hydrogen-bond acceptors (Lipinski definition) is 3. The maximum absolute atomic E-state index is 11.2. The van der Waals surface area contributed by atoms with Gasteiger partial charge in [0.2, 0.25) is 0 Å². The number of rotatable bonds is 2. The topological polar surface area (TPSA) is 69.6 Å². The van der Waals surface area contributed by atoms with Gasteiger partial charge in [-0.15, -0.1) is 0 Å². The number of nitrogens with zero attached hydrogens (tertiary/aromatic N) is 1. The third-order valence-corrected chi connectivity index (χ3v) is 2.14. The lowest BCUT2D eigenvalue weighted by molar-refractivity contribution is -0.125. The molecule has 1 rings (SSSR count). The van der Waals surface area contributed by atoms with Crippen LogP contribution in [0, 0.1) is 0 Å². The molecule has 1 aliphatic heterocycles. The molecule has 0 bridgehead atoms. The van der Waals surface area contributed by atoms with Gasteiger partial charge in [-0.3, -0.25) is 10.1 Å². The molecule has 0 radical (unpaired) electrons. The zero-order valence-corrected chi connectivity index (χ0v) is 8.00. The Morgan fingerprint density at radius 2 is 2.08 bits per heavy atom. The van der Waals surface area contributed by atoms with Gasteiger partial charge < -0.3 is 10.0 Å². The van der Waals surface area contributed by atoms with Crippen molar-refractivity contribution in [1.82, 2.24) is 10.2 Å². The standard InChI is InChI=1S/C8H14N2O3/c1-5(11)4-10-7(13)9-6(12)8(10,2)3/h5,11H,4H2,1-3H3,(H,9,12,13). The Hall–Kier alpha value is -1.10. The third-order valence-electron chi connectivity index (χ3n) is 2.14. The number of amides is 3. The van der Waals surface area contributed by atoms with Crippen molar-refractivity contribution in [2.45, 2.75) is 32.4 Å². The van der Waals surface area contributed by atoms with E-state index in [1.54, 1.807) is 20.8 Å². The Balaban J connectivity index is 2.82. The number of β-amino-alcohol motifs (C(OH)–C–C–N with tert-alkyl or cyclic N) is 1. The van der Waals surface area contributed by atoms with Gasteiger partial charge in [-0.1, -0.05) is 0 Å². The van der Waals surface area contributed by atoms with Crippen molar-refractivity contribution in [1.29, 1.82) is 0 Å². The van der Waals surface area contributed by atoms with Gasteiger partial charge in [0.15, 0.2) is 0 Å². The quantitative estimate of drug-likeness (QED) is 0.581. The van der Waals surface area contributed by atoms with Crippen molar-refractivity contribution >= 4 is 11.9 Å². The van der Waals surface area contributed by atoms with Gasteiger partial charge in [0, 0.05) is 6.54 Å². The van der Waals surface area contributed by atoms with Crippen LogP contribution in [0.2, 0.25) is 0 Å². The van der Waals surface area contributed by atoms with Crippen LogP contribution in [0.3, 0.4) is 0 Å². The van der Waals surface area contributed by atoms with Gasteiger partial charge in [-0.25, -0.2) is 4.79 Å². The first-order chi connectivity index (χ1) is 5.85. The lowest BCUT2D eigenvalue weighted by Crippen LogP contribution is -2.47. The van der Waals surface area contributed by atoms with E-state index in [0.29, 0.717) is 0 Å². The van der Waals surface area contributed by atoms with E-state index >= 15 is 0 Å². The Kier molecular flexibility index (Phi) is 2.30. The first-order valence-electron chi connectivity index (χ1n) is 4.17. The number of carbonyl (C=O) groups is 2. The average molecular weight is 186 g/mol. The van der Waals surface area contributed by atoms with Gasteiger partial charge in [0.05, 0.1) is 6.10 Å². The molecular weight excluding hydrogens is 172 g/mol. The van der Waals surface area contributed by atoms with E-state index < -0.39 is 17.7 Å². The van der Waals surface area contributed by atoms with E-state index in [4.69, 9.17) is 5.11 Å². The molecule has 0 spiro atoms. The second-order valence-electron chi connectivity index (χ2n) is 3.78. The molecule has 5 nitrogen and oxygen atoms in total. The maximum Gasteiger partial charge on any atom is 0.325 e. The molecule has 1 atom stereocenters. The summed E-state index contributed by atoms with van der Waals surface area (Å²) < 4.78 is 0. The van der Waals surface area contributed by atoms with Crippen LogP contribution in [0.1, 0.15) is 20.8 Å². The van der Waals surface area contributed by atoms with Crippen LogP contribution < -0.4 is 5.32 Å². The third kappa shape index (κ3) is 1.65. The van der Waals surface area contributed by atoms with Crippen LogP contribution in [-0.2, 0) is 4.79 Å². The highest BCUT2D eigenvalue weighted by molar-refractivity contribution is 6.06. The van der Waals surface area contributed by atoms with E-state index in [1.165, 1.54) is 4.90 Å². The number of carbonyl (C=O) groups excluding carboxylic acids is 2. The summed E-state index contributed by atoms with van der Waals surface area (Å²) in [4.78, 5) is 23.8. The van der Waals surface area contributed by atoms with Crippen molar-refractivity contribution < 1.29 is 14.7 Å². The highest BCUT2D eigenvalue weighted by Crippen LogP contribution is 2.20. The molecule has 0 aliphatic carbocycles. The van der Waals surface area contributed by atoms with Crippen LogP contribution in [0.25, 0.3) is 0 Å². The second-order valence-corrected chi connectivity index (χ2v) is 3.78. The van der Waals surface area contributed by atoms with Crippen LogP contribution >= 0.6 is 0 Å². The summed E-state index contributed by atoms with van der Waals surface area (Å²) in [5.74, 6) is -0.321. The number of nitrogens with one attached hydrogen (secondary N) is 1. The normalized spacial score (nSPS) is 23.2. The van der Waals surface area contributed by atoms with E-state index in [9.17, 15) is 9.59 Å². The Bertz CT molecular complexity index is 248. The van der Waals surface area contributed by atoms with Crippen molar-refractivity contribution in [3.05, 3.63) is 0 Å². The van der Waals surface area contributed by atoms with Crippen LogP contribution in [-0.4, -0.2) is 40.1 Å². The van der Waals surface area contributed by atoms with E-state index in [0.717, 1.165) is 0 Å². The molecule has 0 saturated carbocycles. The molecule has 3 amide bonds.